The second kappa shape index (κ2) is 12.4. The van der Waals surface area contributed by atoms with Gasteiger partial charge in [0.05, 0.1) is 8.96 Å². The largest absolute Gasteiger partial charge is 0.507 e. The molecule has 166 valence electrons. The first-order valence-electron chi connectivity index (χ1n) is 10.2. The first kappa shape index (κ1) is 25.5. The molecular formula is C22H26Br4O2S2. The third-order valence-electron chi connectivity index (χ3n) is 5.50. The number of benzene rings is 1. The summed E-state index contributed by atoms with van der Waals surface area (Å²) in [5.74, 6) is 2.43. The molecule has 0 amide bonds. The molecule has 0 spiro atoms. The van der Waals surface area contributed by atoms with Crippen LogP contribution < -0.4 is 0 Å². The maximum absolute atomic E-state index is 10.5. The minimum Gasteiger partial charge on any atom is -0.507 e. The number of phenols is 1. The van der Waals surface area contributed by atoms with Crippen LogP contribution in [0, 0.1) is 0 Å². The number of thioether (sulfide) groups is 2. The molecule has 0 aliphatic heterocycles. The summed E-state index contributed by atoms with van der Waals surface area (Å²) in [6.07, 6.45) is 10.5. The number of allylic oxidation sites excluding steroid dienone is 2. The fourth-order valence-electron chi connectivity index (χ4n) is 3.86. The summed E-state index contributed by atoms with van der Waals surface area (Å²) >= 11 is 18.1. The molecule has 0 heterocycles. The molecule has 0 saturated heterocycles. The Balaban J connectivity index is 1.68. The van der Waals surface area contributed by atoms with E-state index in [1.54, 1.807) is 0 Å². The number of hydrogen-bond acceptors (Lipinski definition) is 4. The number of halogens is 4. The van der Waals surface area contributed by atoms with Crippen LogP contribution in [0.15, 0.2) is 43.0 Å². The van der Waals surface area contributed by atoms with Crippen LogP contribution in [0.3, 0.4) is 0 Å². The molecule has 8 heteroatoms. The van der Waals surface area contributed by atoms with Crippen molar-refractivity contribution in [3.8, 4) is 5.75 Å². The Morgan fingerprint density at radius 3 is 2.20 bits per heavy atom. The number of aliphatic hydroxyl groups is 1. The van der Waals surface area contributed by atoms with Gasteiger partial charge in [0, 0.05) is 36.9 Å². The average molecular weight is 706 g/mol. The third kappa shape index (κ3) is 7.21. The molecule has 2 aliphatic rings. The summed E-state index contributed by atoms with van der Waals surface area (Å²) in [5.41, 5.74) is 2.09. The quantitative estimate of drug-likeness (QED) is 0.290. The molecule has 1 aromatic carbocycles. The lowest BCUT2D eigenvalue weighted by Crippen LogP contribution is -2.23. The van der Waals surface area contributed by atoms with Crippen molar-refractivity contribution in [2.24, 2.45) is 0 Å². The van der Waals surface area contributed by atoms with Gasteiger partial charge < -0.3 is 10.2 Å². The predicted octanol–water partition coefficient (Wildman–Crippen LogP) is 9.23. The maximum Gasteiger partial charge on any atom is 0.133 e. The van der Waals surface area contributed by atoms with Gasteiger partial charge >= 0.3 is 0 Å². The van der Waals surface area contributed by atoms with E-state index in [1.165, 1.54) is 38.5 Å². The fourth-order valence-corrected chi connectivity index (χ4v) is 9.90. The third-order valence-corrected chi connectivity index (χ3v) is 10.9. The predicted molar refractivity (Wildman–Crippen MR) is 147 cm³/mol. The standard InChI is InChI=1S/C22H26Br4O2S2/c23-15-7-13(21(27)17(25)9-15)11-29-19-5-3-1-2-4-6-20(19)30-12-14-8-16(24)10-18(26)22(14)28/h7,9-10,16,19-20,27-28H,1-6,8,11-12H2. The lowest BCUT2D eigenvalue weighted by molar-refractivity contribution is 0.418. The van der Waals surface area contributed by atoms with Gasteiger partial charge in [-0.05, 0) is 68.8 Å². The van der Waals surface area contributed by atoms with Gasteiger partial charge in [0.25, 0.3) is 0 Å². The Morgan fingerprint density at radius 2 is 1.53 bits per heavy atom. The summed E-state index contributed by atoms with van der Waals surface area (Å²) in [5, 5.41) is 22.0. The first-order valence-corrected chi connectivity index (χ1v) is 15.6. The zero-order chi connectivity index (χ0) is 21.7. The van der Waals surface area contributed by atoms with Crippen molar-refractivity contribution in [2.75, 3.05) is 5.75 Å². The van der Waals surface area contributed by atoms with Gasteiger partial charge in [-0.15, -0.1) is 0 Å². The smallest absolute Gasteiger partial charge is 0.133 e. The van der Waals surface area contributed by atoms with Crippen molar-refractivity contribution in [1.82, 2.24) is 0 Å². The molecule has 2 nitrogen and oxygen atoms in total. The van der Waals surface area contributed by atoms with Crippen molar-refractivity contribution in [3.05, 3.63) is 48.5 Å². The van der Waals surface area contributed by atoms with E-state index in [9.17, 15) is 10.2 Å². The zero-order valence-corrected chi connectivity index (χ0v) is 24.5. The molecule has 1 aromatic rings. The Labute approximate surface area is 221 Å². The highest BCUT2D eigenvalue weighted by Crippen LogP contribution is 2.41. The zero-order valence-electron chi connectivity index (χ0n) is 16.6. The number of hydrogen-bond donors (Lipinski definition) is 2. The van der Waals surface area contributed by atoms with Crippen LogP contribution in [-0.2, 0) is 5.75 Å². The lowest BCUT2D eigenvalue weighted by atomic mass is 10.00. The molecule has 0 bridgehead atoms. The SMILES string of the molecule is OC1=C(CSC2CCCCCCC2SCc2cc(Br)cc(Br)c2O)CC(Br)C=C1Br. The second-order valence-electron chi connectivity index (χ2n) is 7.77. The number of alkyl halides is 1. The summed E-state index contributed by atoms with van der Waals surface area (Å²) in [6, 6.07) is 3.90. The number of aliphatic hydroxyl groups excluding tert-OH is 1. The van der Waals surface area contributed by atoms with E-state index < -0.39 is 0 Å². The number of rotatable bonds is 6. The molecule has 1 saturated carbocycles. The molecular weight excluding hydrogens is 680 g/mol. The van der Waals surface area contributed by atoms with Gasteiger partial charge in [-0.25, -0.2) is 0 Å². The molecule has 3 rings (SSSR count). The molecule has 1 fully saturated rings. The molecule has 0 aromatic heterocycles. The molecule has 2 aliphatic carbocycles. The van der Waals surface area contributed by atoms with Gasteiger partial charge in [-0.3, -0.25) is 0 Å². The number of aromatic hydroxyl groups is 1. The normalized spacial score (nSPS) is 25.6. The Hall–Kier alpha value is 0.920. The van der Waals surface area contributed by atoms with E-state index in [0.29, 0.717) is 22.0 Å². The summed E-state index contributed by atoms with van der Waals surface area (Å²) < 4.78 is 2.51. The van der Waals surface area contributed by atoms with E-state index >= 15 is 0 Å². The monoisotopic (exact) mass is 702 g/mol. The van der Waals surface area contributed by atoms with Crippen molar-refractivity contribution in [2.45, 2.75) is 66.0 Å². The van der Waals surface area contributed by atoms with Gasteiger partial charge in [0.2, 0.25) is 0 Å². The minimum absolute atomic E-state index is 0.277. The average Bonchev–Trinajstić information content (AvgIpc) is 2.67. The van der Waals surface area contributed by atoms with Gasteiger partial charge in [0.1, 0.15) is 11.5 Å². The van der Waals surface area contributed by atoms with Gasteiger partial charge in [-0.1, -0.05) is 63.6 Å². The lowest BCUT2D eigenvalue weighted by Gasteiger charge is -2.30. The fraction of sp³-hybridized carbons (Fsp3) is 0.545. The molecule has 3 atom stereocenters. The topological polar surface area (TPSA) is 40.5 Å². The summed E-state index contributed by atoms with van der Waals surface area (Å²) in [7, 11) is 0. The Morgan fingerprint density at radius 1 is 0.900 bits per heavy atom. The first-order chi connectivity index (χ1) is 14.3. The summed E-state index contributed by atoms with van der Waals surface area (Å²) in [4.78, 5) is 0.277. The Kier molecular flexibility index (Phi) is 10.6. The van der Waals surface area contributed by atoms with Crippen LogP contribution in [0.25, 0.3) is 0 Å². The van der Waals surface area contributed by atoms with Gasteiger partial charge in [0.15, 0.2) is 0 Å². The molecule has 2 N–H and O–H groups in total. The van der Waals surface area contributed by atoms with Crippen LogP contribution in [0.4, 0.5) is 0 Å². The van der Waals surface area contributed by atoms with Crippen molar-refractivity contribution < 1.29 is 10.2 Å². The van der Waals surface area contributed by atoms with Crippen LogP contribution in [0.2, 0.25) is 0 Å². The van der Waals surface area contributed by atoms with E-state index in [1.807, 2.05) is 41.7 Å². The second-order valence-corrected chi connectivity index (χ2v) is 14.0. The van der Waals surface area contributed by atoms with E-state index in [-0.39, 0.29) is 4.83 Å². The van der Waals surface area contributed by atoms with Crippen LogP contribution >= 0.6 is 87.2 Å². The minimum atomic E-state index is 0.277. The van der Waals surface area contributed by atoms with Crippen molar-refractivity contribution in [3.63, 3.8) is 0 Å². The molecule has 0 radical (unpaired) electrons. The molecule has 3 unspecified atom stereocenters. The highest BCUT2D eigenvalue weighted by Gasteiger charge is 2.26. The van der Waals surface area contributed by atoms with Crippen molar-refractivity contribution in [1.29, 1.82) is 0 Å². The Bertz CT molecular complexity index is 813. The van der Waals surface area contributed by atoms with Gasteiger partial charge in [-0.2, -0.15) is 23.5 Å². The number of phenolic OH excluding ortho intramolecular Hbond substituents is 1. The molecule has 30 heavy (non-hydrogen) atoms. The summed E-state index contributed by atoms with van der Waals surface area (Å²) in [6.45, 7) is 0. The van der Waals surface area contributed by atoms with Crippen LogP contribution in [-0.4, -0.2) is 31.3 Å². The highest BCUT2D eigenvalue weighted by atomic mass is 79.9. The highest BCUT2D eigenvalue weighted by molar-refractivity contribution is 9.12. The van der Waals surface area contributed by atoms with E-state index in [0.717, 1.165) is 42.5 Å². The maximum atomic E-state index is 10.5. The van der Waals surface area contributed by atoms with Crippen LogP contribution in [0.1, 0.15) is 50.5 Å². The van der Waals surface area contributed by atoms with E-state index in [2.05, 4.69) is 63.7 Å². The van der Waals surface area contributed by atoms with Crippen molar-refractivity contribution >= 4 is 87.2 Å². The van der Waals surface area contributed by atoms with E-state index in [4.69, 9.17) is 0 Å². The van der Waals surface area contributed by atoms with Crippen LogP contribution in [0.5, 0.6) is 5.75 Å².